The lowest BCUT2D eigenvalue weighted by Crippen LogP contribution is -1.81. The van der Waals surface area contributed by atoms with E-state index >= 15 is 0 Å². The summed E-state index contributed by atoms with van der Waals surface area (Å²) in [5.41, 5.74) is 0.887. The quantitative estimate of drug-likeness (QED) is 0.554. The molecule has 0 saturated heterocycles. The van der Waals surface area contributed by atoms with E-state index in [0.717, 1.165) is 5.65 Å². The third kappa shape index (κ3) is 1.74. The van der Waals surface area contributed by atoms with Gasteiger partial charge in [0.15, 0.2) is 5.65 Å². The molecule has 2 heterocycles. The molecule has 2 aromatic rings. The summed E-state index contributed by atoms with van der Waals surface area (Å²) in [5.74, 6) is 0. The van der Waals surface area contributed by atoms with E-state index in [4.69, 9.17) is 9.59 Å². The maximum absolute atomic E-state index is 8.12. The second kappa shape index (κ2) is 4.00. The summed E-state index contributed by atoms with van der Waals surface area (Å²) in [5, 5.41) is 0. The Morgan fingerprint density at radius 3 is 2.58 bits per heavy atom. The molecular weight excluding hydrogens is 158 g/mol. The molecule has 0 fully saturated rings. The van der Waals surface area contributed by atoms with E-state index in [1.165, 1.54) is 0 Å². The van der Waals surface area contributed by atoms with Gasteiger partial charge in [-0.2, -0.15) is 9.59 Å². The van der Waals surface area contributed by atoms with Crippen LogP contribution in [-0.4, -0.2) is 20.5 Å². The number of nitrogens with zero attached hydrogens (tertiary/aromatic N) is 3. The first-order chi connectivity index (χ1) is 5.88. The fourth-order valence-electron chi connectivity index (χ4n) is 0.771. The van der Waals surface area contributed by atoms with Crippen molar-refractivity contribution in [1.29, 1.82) is 0 Å². The van der Waals surface area contributed by atoms with E-state index in [1.54, 1.807) is 18.6 Å². The summed E-state index contributed by atoms with van der Waals surface area (Å²) in [6.45, 7) is 0. The molecule has 2 aromatic heterocycles. The van der Waals surface area contributed by atoms with Crippen LogP contribution < -0.4 is 0 Å². The van der Waals surface area contributed by atoms with E-state index in [9.17, 15) is 0 Å². The largest absolute Gasteiger partial charge is 0.373 e. The molecule has 0 amide bonds. The maximum Gasteiger partial charge on any atom is 0.373 e. The molecule has 0 spiro atoms. The van der Waals surface area contributed by atoms with E-state index < -0.39 is 0 Å². The number of rotatable bonds is 0. The maximum atomic E-state index is 8.12. The van der Waals surface area contributed by atoms with Crippen molar-refractivity contribution in [1.82, 2.24) is 14.4 Å². The van der Waals surface area contributed by atoms with E-state index in [2.05, 4.69) is 9.97 Å². The van der Waals surface area contributed by atoms with Crippen molar-refractivity contribution in [3.63, 3.8) is 0 Å². The van der Waals surface area contributed by atoms with E-state index in [1.807, 2.05) is 16.8 Å². The van der Waals surface area contributed by atoms with Gasteiger partial charge in [-0.25, -0.2) is 4.98 Å². The molecule has 0 radical (unpaired) electrons. The minimum atomic E-state index is 0.250. The van der Waals surface area contributed by atoms with Crippen LogP contribution in [0, 0.1) is 0 Å². The third-order valence-electron chi connectivity index (χ3n) is 1.20. The van der Waals surface area contributed by atoms with Crippen molar-refractivity contribution in [2.45, 2.75) is 0 Å². The summed E-state index contributed by atoms with van der Waals surface area (Å²) in [6.07, 6.45) is 9.20. The Kier molecular flexibility index (Phi) is 2.70. The predicted molar refractivity (Wildman–Crippen MR) is 38.0 cm³/mol. The van der Waals surface area contributed by atoms with Gasteiger partial charge in [0.2, 0.25) is 0 Å². The number of hydrogen-bond donors (Lipinski definition) is 0. The topological polar surface area (TPSA) is 64.3 Å². The van der Waals surface area contributed by atoms with Gasteiger partial charge in [-0.3, -0.25) is 4.98 Å². The standard InChI is InChI=1S/C6H5N3.CO2/c1-3-9-4-2-8-6(9)5-7-1;2-1-3/h1-5H;. The number of imidazole rings is 1. The van der Waals surface area contributed by atoms with Crippen molar-refractivity contribution in [3.8, 4) is 0 Å². The molecule has 0 bridgehead atoms. The molecule has 0 saturated carbocycles. The average Bonchev–Trinajstić information content (AvgIpc) is 2.52. The highest BCUT2D eigenvalue weighted by Gasteiger charge is 1.86. The van der Waals surface area contributed by atoms with Crippen LogP contribution in [0.4, 0.5) is 0 Å². The van der Waals surface area contributed by atoms with Gasteiger partial charge in [-0.15, -0.1) is 0 Å². The zero-order valence-electron chi connectivity index (χ0n) is 6.04. The van der Waals surface area contributed by atoms with Crippen LogP contribution >= 0.6 is 0 Å². The lowest BCUT2D eigenvalue weighted by atomic mass is 10.7. The molecule has 0 aliphatic heterocycles. The normalized spacial score (nSPS) is 8.33. The molecule has 60 valence electrons. The van der Waals surface area contributed by atoms with Crippen LogP contribution in [0.15, 0.2) is 31.0 Å². The summed E-state index contributed by atoms with van der Waals surface area (Å²) < 4.78 is 1.91. The minimum absolute atomic E-state index is 0.250. The van der Waals surface area contributed by atoms with E-state index in [-0.39, 0.29) is 6.15 Å². The first-order valence-corrected chi connectivity index (χ1v) is 3.10. The van der Waals surface area contributed by atoms with Gasteiger partial charge >= 0.3 is 6.15 Å². The summed E-state index contributed by atoms with van der Waals surface area (Å²) >= 11 is 0. The molecule has 0 unspecified atom stereocenters. The highest BCUT2D eigenvalue weighted by molar-refractivity contribution is 5.33. The van der Waals surface area contributed by atoms with Gasteiger partial charge in [0.05, 0.1) is 6.20 Å². The first-order valence-electron chi connectivity index (χ1n) is 3.10. The van der Waals surface area contributed by atoms with Gasteiger partial charge in [-0.05, 0) is 0 Å². The van der Waals surface area contributed by atoms with Crippen LogP contribution in [0.25, 0.3) is 5.65 Å². The van der Waals surface area contributed by atoms with Crippen LogP contribution in [0.3, 0.4) is 0 Å². The third-order valence-corrected chi connectivity index (χ3v) is 1.20. The van der Waals surface area contributed by atoms with Crippen LogP contribution in [0.5, 0.6) is 0 Å². The number of carbonyl (C=O) groups excluding carboxylic acids is 2. The molecule has 0 aliphatic rings. The zero-order chi connectivity index (χ0) is 8.81. The van der Waals surface area contributed by atoms with Gasteiger partial charge < -0.3 is 4.40 Å². The number of hydrogen-bond acceptors (Lipinski definition) is 4. The van der Waals surface area contributed by atoms with Crippen LogP contribution in [0.1, 0.15) is 0 Å². The minimum Gasteiger partial charge on any atom is -0.304 e. The van der Waals surface area contributed by atoms with Crippen molar-refractivity contribution >= 4 is 11.8 Å². The summed E-state index contributed by atoms with van der Waals surface area (Å²) in [4.78, 5) is 24.2. The van der Waals surface area contributed by atoms with Gasteiger partial charge in [0.25, 0.3) is 0 Å². The molecule has 0 atom stereocenters. The van der Waals surface area contributed by atoms with Gasteiger partial charge in [-0.1, -0.05) is 0 Å². The molecule has 12 heavy (non-hydrogen) atoms. The van der Waals surface area contributed by atoms with Gasteiger partial charge in [0.1, 0.15) is 0 Å². The fraction of sp³-hybridized carbons (Fsp3) is 0. The Morgan fingerprint density at radius 2 is 1.92 bits per heavy atom. The highest BCUT2D eigenvalue weighted by atomic mass is 16.2. The van der Waals surface area contributed by atoms with Crippen LogP contribution in [0.2, 0.25) is 0 Å². The summed E-state index contributed by atoms with van der Waals surface area (Å²) in [7, 11) is 0. The van der Waals surface area contributed by atoms with Crippen LogP contribution in [-0.2, 0) is 9.59 Å². The Labute approximate surface area is 67.7 Å². The Hall–Kier alpha value is -2.00. The van der Waals surface area contributed by atoms with Crippen molar-refractivity contribution in [2.75, 3.05) is 0 Å². The zero-order valence-corrected chi connectivity index (χ0v) is 6.04. The second-order valence-electron chi connectivity index (χ2n) is 1.85. The Bertz CT molecular complexity index is 360. The van der Waals surface area contributed by atoms with Crippen molar-refractivity contribution in [3.05, 3.63) is 31.0 Å². The molecule has 0 N–H and O–H groups in total. The Morgan fingerprint density at radius 1 is 1.25 bits per heavy atom. The number of aromatic nitrogens is 3. The monoisotopic (exact) mass is 163 g/mol. The molecule has 5 heteroatoms. The lowest BCUT2D eigenvalue weighted by molar-refractivity contribution is -0.191. The van der Waals surface area contributed by atoms with Crippen molar-refractivity contribution < 1.29 is 9.59 Å². The fourth-order valence-corrected chi connectivity index (χ4v) is 0.771. The smallest absolute Gasteiger partial charge is 0.304 e. The molecular formula is C7H5N3O2. The molecule has 0 aromatic carbocycles. The molecule has 5 nitrogen and oxygen atoms in total. The molecule has 2 rings (SSSR count). The predicted octanol–water partition coefficient (Wildman–Crippen LogP) is 0.146. The Balaban J connectivity index is 0.000000213. The van der Waals surface area contributed by atoms with Gasteiger partial charge in [0, 0.05) is 24.8 Å². The average molecular weight is 163 g/mol. The lowest BCUT2D eigenvalue weighted by Gasteiger charge is -1.86. The van der Waals surface area contributed by atoms with Crippen molar-refractivity contribution in [2.24, 2.45) is 0 Å². The highest BCUT2D eigenvalue weighted by Crippen LogP contribution is 1.93. The second-order valence-corrected chi connectivity index (χ2v) is 1.85. The molecule has 0 aliphatic carbocycles. The SMILES string of the molecule is O=C=O.c1cn2ccnc2cn1. The number of fused-ring (bicyclic) bond motifs is 1. The first kappa shape index (κ1) is 8.10. The summed E-state index contributed by atoms with van der Waals surface area (Å²) in [6, 6.07) is 0. The van der Waals surface area contributed by atoms with E-state index in [0.29, 0.717) is 0 Å².